The van der Waals surface area contributed by atoms with E-state index in [9.17, 15) is 0 Å². The topological polar surface area (TPSA) is 88.7 Å². The third kappa shape index (κ3) is 11.3. The second-order valence-corrected chi connectivity index (χ2v) is 12.1. The molecule has 0 spiro atoms. The number of benzene rings is 1. The summed E-state index contributed by atoms with van der Waals surface area (Å²) >= 11 is 0. The van der Waals surface area contributed by atoms with Crippen molar-refractivity contribution in [3.63, 3.8) is 0 Å². The van der Waals surface area contributed by atoms with E-state index in [4.69, 9.17) is 24.4 Å². The minimum Gasteiger partial charge on any atom is -0.487 e. The molecule has 0 bridgehead atoms. The summed E-state index contributed by atoms with van der Waals surface area (Å²) < 4.78 is 23.9. The molecule has 1 heterocycles. The maximum absolute atomic E-state index is 7.63. The highest BCUT2D eigenvalue weighted by atomic mass is 16.5. The zero-order valence-electron chi connectivity index (χ0n) is 23.9. The molecule has 1 atom stereocenters. The first-order valence-corrected chi connectivity index (χ1v) is 13.1. The Kier molecular flexibility index (Phi) is 10.8. The molecule has 9 heteroatoms. The van der Waals surface area contributed by atoms with Crippen LogP contribution in [0.4, 0.5) is 0 Å². The van der Waals surface area contributed by atoms with E-state index in [1.165, 1.54) is 0 Å². The van der Waals surface area contributed by atoms with E-state index in [0.29, 0.717) is 31.3 Å². The van der Waals surface area contributed by atoms with Crippen molar-refractivity contribution in [2.75, 3.05) is 32.9 Å². The summed E-state index contributed by atoms with van der Waals surface area (Å²) in [6.07, 6.45) is 2.59. The first kappa shape index (κ1) is 30.1. The van der Waals surface area contributed by atoms with E-state index < -0.39 is 0 Å². The van der Waals surface area contributed by atoms with Gasteiger partial charge in [-0.1, -0.05) is 43.9 Å². The largest absolute Gasteiger partial charge is 0.487 e. The Morgan fingerprint density at radius 3 is 2.39 bits per heavy atom. The van der Waals surface area contributed by atoms with Gasteiger partial charge in [0.2, 0.25) is 0 Å². The van der Waals surface area contributed by atoms with Crippen molar-refractivity contribution in [3.8, 4) is 11.5 Å². The fourth-order valence-electron chi connectivity index (χ4n) is 3.53. The molecule has 1 aromatic carbocycles. The lowest BCUT2D eigenvalue weighted by Crippen LogP contribution is -2.35. The zero-order chi connectivity index (χ0) is 27.0. The van der Waals surface area contributed by atoms with Gasteiger partial charge in [0, 0.05) is 13.5 Å². The Bertz CT molecular complexity index is 883. The summed E-state index contributed by atoms with van der Waals surface area (Å²) in [5.74, 6) is 1.32. The van der Waals surface area contributed by atoms with Crippen LogP contribution < -0.4 is 9.47 Å². The quantitative estimate of drug-likeness (QED) is 0.219. The van der Waals surface area contributed by atoms with Gasteiger partial charge in [-0.2, -0.15) is 5.11 Å². The lowest BCUT2D eigenvalue weighted by atomic mass is 9.97. The van der Waals surface area contributed by atoms with E-state index in [0.717, 1.165) is 37.9 Å². The number of hydrogen-bond donors (Lipinski definition) is 1. The van der Waals surface area contributed by atoms with Gasteiger partial charge in [0.05, 0.1) is 31.0 Å². The molecule has 1 aromatic rings. The Hall–Kier alpha value is -2.13. The van der Waals surface area contributed by atoms with Crippen molar-refractivity contribution >= 4 is 13.7 Å². The average Bonchev–Trinajstić information content (AvgIpc) is 3.23. The Labute approximate surface area is 219 Å². The van der Waals surface area contributed by atoms with Crippen LogP contribution in [0.1, 0.15) is 73.8 Å². The van der Waals surface area contributed by atoms with Gasteiger partial charge in [-0.05, 0) is 58.1 Å². The van der Waals surface area contributed by atoms with Crippen molar-refractivity contribution < 1.29 is 18.9 Å². The van der Waals surface area contributed by atoms with Crippen molar-refractivity contribution in [2.45, 2.75) is 91.8 Å². The predicted molar refractivity (Wildman–Crippen MR) is 147 cm³/mol. The second kappa shape index (κ2) is 12.9. The van der Waals surface area contributed by atoms with E-state index in [1.54, 1.807) is 6.92 Å². The van der Waals surface area contributed by atoms with Crippen LogP contribution in [0, 0.1) is 10.8 Å². The predicted octanol–water partition coefficient (Wildman–Crippen LogP) is 5.04. The first-order valence-electron chi connectivity index (χ1n) is 13.1. The molecule has 2 rings (SSSR count). The van der Waals surface area contributed by atoms with Gasteiger partial charge < -0.3 is 18.9 Å². The summed E-state index contributed by atoms with van der Waals surface area (Å²) in [6.45, 7) is 19.9. The van der Waals surface area contributed by atoms with Crippen LogP contribution in [0.2, 0.25) is 0 Å². The Morgan fingerprint density at radius 2 is 1.75 bits per heavy atom. The third-order valence-electron chi connectivity index (χ3n) is 5.94. The van der Waals surface area contributed by atoms with Crippen LogP contribution in [0.3, 0.4) is 0 Å². The minimum absolute atomic E-state index is 0.0472. The fraction of sp³-hybridized carbons (Fsp3) is 0.741. The van der Waals surface area contributed by atoms with Gasteiger partial charge in [-0.3, -0.25) is 10.4 Å². The number of nitrogens with zero attached hydrogens (tertiary/aromatic N) is 3. The molecule has 1 unspecified atom stereocenters. The summed E-state index contributed by atoms with van der Waals surface area (Å²) in [4.78, 5) is 0. The summed E-state index contributed by atoms with van der Waals surface area (Å²) in [5, 5.41) is 18.3. The maximum Gasteiger partial charge on any atom is 0.184 e. The van der Waals surface area contributed by atoms with Crippen molar-refractivity contribution in [3.05, 3.63) is 23.8 Å². The van der Waals surface area contributed by atoms with Gasteiger partial charge in [0.15, 0.2) is 17.4 Å². The molecule has 0 aromatic heterocycles. The first-order chi connectivity index (χ1) is 16.7. The summed E-state index contributed by atoms with van der Waals surface area (Å²) in [7, 11) is 2.09. The highest BCUT2D eigenvalue weighted by molar-refractivity contribution is 6.08. The number of hydrogen-bond acceptors (Lipinski definition) is 8. The van der Waals surface area contributed by atoms with Crippen LogP contribution in [0.5, 0.6) is 11.5 Å². The summed E-state index contributed by atoms with van der Waals surface area (Å²) in [6, 6.07) is 5.77. The normalized spacial score (nSPS) is 16.4. The van der Waals surface area contributed by atoms with Crippen LogP contribution in [0.15, 0.2) is 28.5 Å². The Balaban J connectivity index is 1.75. The second-order valence-electron chi connectivity index (χ2n) is 12.1. The van der Waals surface area contributed by atoms with Gasteiger partial charge in [0.25, 0.3) is 0 Å². The molecule has 1 aliphatic rings. The summed E-state index contributed by atoms with van der Waals surface area (Å²) in [5.41, 5.74) is 0.834. The van der Waals surface area contributed by atoms with Gasteiger partial charge in [-0.15, -0.1) is 0 Å². The highest BCUT2D eigenvalue weighted by Crippen LogP contribution is 2.29. The molecule has 1 aliphatic heterocycles. The monoisotopic (exact) mass is 502 g/mol. The fourth-order valence-corrected chi connectivity index (χ4v) is 3.53. The standard InChI is InChI=1S/C27H47BN4O4/c1-20(29)36-23-10-9-21(16-28)15-24(23)33-18-22-17-32(31-30-22)13-11-26(5,6)34-14-12-27(7,8)35-19-25(2,3)4/h9-10,15,22,29H,11-14,16-19,28H2,1-8H3. The van der Waals surface area contributed by atoms with Gasteiger partial charge in [-0.25, -0.2) is 0 Å². The van der Waals surface area contributed by atoms with Crippen LogP contribution >= 0.6 is 0 Å². The van der Waals surface area contributed by atoms with Crippen molar-refractivity contribution in [1.29, 1.82) is 5.41 Å². The Morgan fingerprint density at radius 1 is 1.06 bits per heavy atom. The minimum atomic E-state index is -0.262. The molecule has 1 N–H and O–H groups in total. The molecule has 0 fully saturated rings. The SMILES string of the molecule is BCc1ccc(OC(C)=N)c(OCC2CN(CCC(C)(C)OCCC(C)(C)OCC(C)(C)C)N=N2)c1. The highest BCUT2D eigenvalue weighted by Gasteiger charge is 2.27. The van der Waals surface area contributed by atoms with E-state index in [2.05, 4.69) is 66.6 Å². The van der Waals surface area contributed by atoms with E-state index >= 15 is 0 Å². The lowest BCUT2D eigenvalue weighted by molar-refractivity contribution is -0.0901. The molecule has 0 saturated heterocycles. The van der Waals surface area contributed by atoms with E-state index in [1.807, 2.05) is 23.2 Å². The number of nitrogens with one attached hydrogen (secondary N) is 1. The average molecular weight is 503 g/mol. The third-order valence-corrected chi connectivity index (χ3v) is 5.94. The molecule has 202 valence electrons. The molecule has 0 aliphatic carbocycles. The molecule has 0 amide bonds. The van der Waals surface area contributed by atoms with Crippen LogP contribution in [-0.4, -0.2) is 68.9 Å². The maximum atomic E-state index is 7.63. The lowest BCUT2D eigenvalue weighted by Gasteiger charge is -2.32. The molecular weight excluding hydrogens is 455 g/mol. The molecule has 0 saturated carbocycles. The van der Waals surface area contributed by atoms with Crippen LogP contribution in [0.25, 0.3) is 0 Å². The molecule has 0 radical (unpaired) electrons. The smallest absolute Gasteiger partial charge is 0.184 e. The van der Waals surface area contributed by atoms with E-state index in [-0.39, 0.29) is 28.6 Å². The molecular formula is C27H47BN4O4. The van der Waals surface area contributed by atoms with Gasteiger partial charge >= 0.3 is 0 Å². The molecule has 8 nitrogen and oxygen atoms in total. The number of rotatable bonds is 14. The zero-order valence-corrected chi connectivity index (χ0v) is 23.9. The van der Waals surface area contributed by atoms with Crippen molar-refractivity contribution in [2.24, 2.45) is 15.8 Å². The molecule has 36 heavy (non-hydrogen) atoms. The van der Waals surface area contributed by atoms with Gasteiger partial charge in [0.1, 0.15) is 20.5 Å². The number of ether oxygens (including phenoxy) is 4. The van der Waals surface area contributed by atoms with Crippen molar-refractivity contribution in [1.82, 2.24) is 5.01 Å². The van der Waals surface area contributed by atoms with Crippen LogP contribution in [-0.2, 0) is 15.8 Å².